The number of furan rings is 1. The monoisotopic (exact) mass is 554 g/mol. The van der Waals surface area contributed by atoms with Crippen LogP contribution >= 0.6 is 0 Å². The number of amides is 1. The van der Waals surface area contributed by atoms with Crippen molar-refractivity contribution in [2.75, 3.05) is 38.7 Å². The fraction of sp³-hybridized carbons (Fsp3) is 0.344. The van der Waals surface area contributed by atoms with E-state index in [1.54, 1.807) is 19.2 Å². The van der Waals surface area contributed by atoms with Crippen LogP contribution in [-0.2, 0) is 4.74 Å². The molecule has 1 aliphatic heterocycles. The minimum absolute atomic E-state index is 0.158. The number of aliphatic hydroxyl groups is 1. The van der Waals surface area contributed by atoms with Crippen molar-refractivity contribution in [1.29, 1.82) is 0 Å². The van der Waals surface area contributed by atoms with Crippen LogP contribution in [0.5, 0.6) is 0 Å². The number of likely N-dealkylation sites (N-methyl/N-ethyl adjacent to an activating group) is 1. The molecule has 0 bridgehead atoms. The van der Waals surface area contributed by atoms with Gasteiger partial charge in [-0.3, -0.25) is 9.78 Å². The highest BCUT2D eigenvalue weighted by molar-refractivity contribution is 5.97. The first-order chi connectivity index (χ1) is 20.0. The average Bonchev–Trinajstić information content (AvgIpc) is 3.75. The first kappa shape index (κ1) is 26.9. The average molecular weight is 555 g/mol. The van der Waals surface area contributed by atoms with Gasteiger partial charge in [-0.25, -0.2) is 9.24 Å². The lowest BCUT2D eigenvalue weighted by Gasteiger charge is -2.25. The second kappa shape index (κ2) is 11.3. The number of anilines is 1. The Balaban J connectivity index is 1.38. The number of ether oxygens (including phenoxy) is 1. The molecule has 0 radical (unpaired) electrons. The van der Waals surface area contributed by atoms with Crippen molar-refractivity contribution in [2.45, 2.75) is 37.6 Å². The number of benzene rings is 2. The van der Waals surface area contributed by atoms with Gasteiger partial charge < -0.3 is 24.5 Å². The lowest BCUT2D eigenvalue weighted by molar-refractivity contribution is 0.0766. The van der Waals surface area contributed by atoms with Crippen LogP contribution in [0.4, 0.5) is 15.8 Å². The second-order valence-electron chi connectivity index (χ2n) is 10.7. The maximum absolute atomic E-state index is 15.3. The molecule has 210 valence electrons. The van der Waals surface area contributed by atoms with Crippen LogP contribution in [0.25, 0.3) is 38.4 Å². The highest BCUT2D eigenvalue weighted by Crippen LogP contribution is 2.48. The zero-order chi connectivity index (χ0) is 28.5. The van der Waals surface area contributed by atoms with Crippen molar-refractivity contribution in [3.63, 3.8) is 0 Å². The molecule has 4 aromatic rings. The van der Waals surface area contributed by atoms with Crippen LogP contribution in [0.2, 0.25) is 0 Å². The number of nitrogens with zero attached hydrogens (tertiary/aromatic N) is 3. The molecule has 2 aromatic carbocycles. The Labute approximate surface area is 237 Å². The molecule has 2 N–H and O–H groups in total. The Morgan fingerprint density at radius 2 is 1.98 bits per heavy atom. The zero-order valence-corrected chi connectivity index (χ0v) is 22.8. The van der Waals surface area contributed by atoms with Gasteiger partial charge in [0, 0.05) is 61.9 Å². The molecule has 1 saturated heterocycles. The maximum atomic E-state index is 15.3. The summed E-state index contributed by atoms with van der Waals surface area (Å²) in [6.07, 6.45) is 5.78. The molecule has 0 unspecified atom stereocenters. The molecule has 1 aliphatic carbocycles. The number of fused-ring (bicyclic) bond motifs is 1. The third kappa shape index (κ3) is 5.41. The number of carbonyl (C=O) groups is 1. The van der Waals surface area contributed by atoms with Gasteiger partial charge in [0.1, 0.15) is 17.1 Å². The smallest absolute Gasteiger partial charge is 0.253 e. The van der Waals surface area contributed by atoms with Crippen molar-refractivity contribution in [3.8, 4) is 22.5 Å². The Bertz CT molecular complexity index is 1650. The molecule has 6 rings (SSSR count). The predicted octanol–water partition coefficient (Wildman–Crippen LogP) is 6.38. The van der Waals surface area contributed by atoms with Gasteiger partial charge in [0.05, 0.1) is 18.7 Å². The van der Waals surface area contributed by atoms with Gasteiger partial charge in [0.15, 0.2) is 5.58 Å². The van der Waals surface area contributed by atoms with Crippen LogP contribution in [0.1, 0.15) is 47.5 Å². The molecule has 2 aromatic heterocycles. The molecule has 1 saturated carbocycles. The summed E-state index contributed by atoms with van der Waals surface area (Å²) in [5.41, 5.74) is 5.69. The number of nitrogens with one attached hydrogen (secondary N) is 1. The first-order valence-electron chi connectivity index (χ1n) is 13.9. The Hall–Kier alpha value is -4.26. The number of pyridine rings is 1. The quantitative estimate of drug-likeness (QED) is 0.246. The van der Waals surface area contributed by atoms with E-state index in [-0.39, 0.29) is 36.2 Å². The summed E-state index contributed by atoms with van der Waals surface area (Å²) in [5, 5.41) is 12.6. The SMILES string of the molecule is [C-]#[N+]c1cc(-c2c(C3CC3)cnc3cc(-c4ccc(C(=O)N(C)CCO)cc4F)oc23)ccc1NC1CCOCC1. The van der Waals surface area contributed by atoms with E-state index in [0.29, 0.717) is 41.7 Å². The van der Waals surface area contributed by atoms with Crippen molar-refractivity contribution < 1.29 is 23.4 Å². The lowest BCUT2D eigenvalue weighted by atomic mass is 9.96. The van der Waals surface area contributed by atoms with E-state index >= 15 is 4.39 Å². The molecule has 0 atom stereocenters. The normalized spacial score (nSPS) is 15.6. The van der Waals surface area contributed by atoms with E-state index in [4.69, 9.17) is 20.8 Å². The fourth-order valence-corrected chi connectivity index (χ4v) is 5.41. The van der Waals surface area contributed by atoms with E-state index in [2.05, 4.69) is 15.1 Å². The zero-order valence-electron chi connectivity index (χ0n) is 22.8. The predicted molar refractivity (Wildman–Crippen MR) is 155 cm³/mol. The van der Waals surface area contributed by atoms with Crippen molar-refractivity contribution in [3.05, 3.63) is 77.0 Å². The van der Waals surface area contributed by atoms with Crippen molar-refractivity contribution in [2.24, 2.45) is 0 Å². The van der Waals surface area contributed by atoms with Crippen LogP contribution < -0.4 is 5.32 Å². The van der Waals surface area contributed by atoms with Gasteiger partial charge in [0.2, 0.25) is 5.69 Å². The largest absolute Gasteiger partial charge is 0.454 e. The molecule has 1 amide bonds. The molecular weight excluding hydrogens is 523 g/mol. The summed E-state index contributed by atoms with van der Waals surface area (Å²) in [7, 11) is 1.56. The molecular formula is C32H31FN4O4. The van der Waals surface area contributed by atoms with Gasteiger partial charge in [-0.2, -0.15) is 0 Å². The highest BCUT2D eigenvalue weighted by atomic mass is 19.1. The Kier molecular flexibility index (Phi) is 7.43. The van der Waals surface area contributed by atoms with E-state index in [9.17, 15) is 4.79 Å². The lowest BCUT2D eigenvalue weighted by Crippen LogP contribution is -2.29. The fourth-order valence-electron chi connectivity index (χ4n) is 5.41. The van der Waals surface area contributed by atoms with Crippen molar-refractivity contribution in [1.82, 2.24) is 9.88 Å². The molecule has 9 heteroatoms. The van der Waals surface area contributed by atoms with Crippen LogP contribution in [0, 0.1) is 12.4 Å². The number of aliphatic hydroxyl groups excluding tert-OH is 1. The second-order valence-corrected chi connectivity index (χ2v) is 10.7. The number of halogens is 1. The Morgan fingerprint density at radius 3 is 2.68 bits per heavy atom. The summed E-state index contributed by atoms with van der Waals surface area (Å²) in [6, 6.07) is 12.1. The van der Waals surface area contributed by atoms with E-state index in [1.807, 2.05) is 24.4 Å². The summed E-state index contributed by atoms with van der Waals surface area (Å²) in [5.74, 6) is -0.289. The number of hydrogen-bond donors (Lipinski definition) is 2. The summed E-state index contributed by atoms with van der Waals surface area (Å²) >= 11 is 0. The van der Waals surface area contributed by atoms with Crippen LogP contribution in [-0.4, -0.2) is 60.4 Å². The van der Waals surface area contributed by atoms with E-state index < -0.39 is 5.82 Å². The third-order valence-corrected chi connectivity index (χ3v) is 7.84. The van der Waals surface area contributed by atoms with E-state index in [1.165, 1.54) is 17.0 Å². The number of rotatable bonds is 8. The van der Waals surface area contributed by atoms with Crippen molar-refractivity contribution >= 4 is 28.4 Å². The Morgan fingerprint density at radius 1 is 1.17 bits per heavy atom. The standard InChI is InChI=1S/C32H31FN4O4/c1-34-27-16-20(6-8-26(27)36-22-9-13-40-14-10-22)30-24(19-3-4-19)18-35-28-17-29(41-31(28)30)23-7-5-21(15-25(23)33)32(39)37(2)11-12-38/h5-8,15-19,22,36,38H,3-4,9-14H2,2H3. The highest BCUT2D eigenvalue weighted by Gasteiger charge is 2.30. The molecule has 41 heavy (non-hydrogen) atoms. The topological polar surface area (TPSA) is 92.2 Å². The van der Waals surface area contributed by atoms with Gasteiger partial charge in [0.25, 0.3) is 5.91 Å². The summed E-state index contributed by atoms with van der Waals surface area (Å²) < 4.78 is 27.1. The number of aromatic nitrogens is 1. The van der Waals surface area contributed by atoms with Gasteiger partial charge >= 0.3 is 0 Å². The molecule has 2 aliphatic rings. The molecule has 3 heterocycles. The van der Waals surface area contributed by atoms with E-state index in [0.717, 1.165) is 48.1 Å². The summed E-state index contributed by atoms with van der Waals surface area (Å²) in [4.78, 5) is 22.4. The van der Waals surface area contributed by atoms with Gasteiger partial charge in [-0.05, 0) is 73.1 Å². The third-order valence-electron chi connectivity index (χ3n) is 7.84. The van der Waals surface area contributed by atoms with Gasteiger partial charge in [-0.15, -0.1) is 0 Å². The minimum atomic E-state index is -0.588. The number of hydrogen-bond acceptors (Lipinski definition) is 6. The summed E-state index contributed by atoms with van der Waals surface area (Å²) in [6.45, 7) is 9.26. The van der Waals surface area contributed by atoms with Crippen LogP contribution in [0.15, 0.2) is 53.1 Å². The van der Waals surface area contributed by atoms with Gasteiger partial charge in [-0.1, -0.05) is 6.07 Å². The van der Waals surface area contributed by atoms with Crippen LogP contribution in [0.3, 0.4) is 0 Å². The minimum Gasteiger partial charge on any atom is -0.454 e. The molecule has 2 fully saturated rings. The maximum Gasteiger partial charge on any atom is 0.253 e. The number of carbonyl (C=O) groups excluding carboxylic acids is 1. The first-order valence-corrected chi connectivity index (χ1v) is 13.9. The molecule has 8 nitrogen and oxygen atoms in total. The molecule has 0 spiro atoms.